The molecule has 0 fully saturated rings. The Bertz CT molecular complexity index is 598. The molecule has 0 saturated carbocycles. The van der Waals surface area contributed by atoms with Gasteiger partial charge in [0.05, 0.1) is 0 Å². The predicted octanol–water partition coefficient (Wildman–Crippen LogP) is 2.21. The van der Waals surface area contributed by atoms with Crippen molar-refractivity contribution in [2.24, 2.45) is 0 Å². The molecule has 0 bridgehead atoms. The van der Waals surface area contributed by atoms with Gasteiger partial charge in [-0.15, -0.1) is 0 Å². The Labute approximate surface area is 137 Å². The highest BCUT2D eigenvalue weighted by atomic mass is 32.2. The first-order valence-corrected chi connectivity index (χ1v) is 9.30. The van der Waals surface area contributed by atoms with Gasteiger partial charge in [0, 0.05) is 12.2 Å². The first-order valence-electron chi connectivity index (χ1n) is 7.81. The largest absolute Gasteiger partial charge is 0.480 e. The fraction of sp³-hybridized carbons (Fsp3) is 0.600. The van der Waals surface area contributed by atoms with Crippen LogP contribution in [0.4, 0.5) is 5.82 Å². The van der Waals surface area contributed by atoms with E-state index in [1.165, 1.54) is 18.3 Å². The Morgan fingerprint density at radius 3 is 2.35 bits per heavy atom. The van der Waals surface area contributed by atoms with Crippen molar-refractivity contribution >= 4 is 21.8 Å². The molecule has 1 aromatic heterocycles. The number of sulfonamides is 1. The second-order valence-electron chi connectivity index (χ2n) is 5.34. The van der Waals surface area contributed by atoms with Crippen LogP contribution in [0.3, 0.4) is 0 Å². The molecule has 0 amide bonds. The van der Waals surface area contributed by atoms with Crippen molar-refractivity contribution in [3.05, 3.63) is 18.3 Å². The molecule has 1 unspecified atom stereocenters. The number of carboxylic acid groups (broad SMARTS) is 1. The molecule has 0 radical (unpaired) electrons. The summed E-state index contributed by atoms with van der Waals surface area (Å²) >= 11 is 0. The Balaban J connectivity index is 2.85. The van der Waals surface area contributed by atoms with Crippen molar-refractivity contribution < 1.29 is 18.3 Å². The van der Waals surface area contributed by atoms with E-state index < -0.39 is 22.0 Å². The lowest BCUT2D eigenvalue weighted by molar-refractivity contribution is -0.138. The van der Waals surface area contributed by atoms with Gasteiger partial charge in [0.2, 0.25) is 10.0 Å². The normalized spacial score (nSPS) is 13.0. The van der Waals surface area contributed by atoms with Crippen molar-refractivity contribution in [1.82, 2.24) is 9.71 Å². The van der Waals surface area contributed by atoms with Crippen LogP contribution in [0.1, 0.15) is 46.5 Å². The lowest BCUT2D eigenvalue weighted by atomic mass is 10.2. The minimum atomic E-state index is -3.61. The van der Waals surface area contributed by atoms with Gasteiger partial charge in [-0.05, 0) is 31.4 Å². The van der Waals surface area contributed by atoms with Gasteiger partial charge < -0.3 is 10.4 Å². The molecule has 1 heterocycles. The molecule has 0 saturated heterocycles. The summed E-state index contributed by atoms with van der Waals surface area (Å²) in [5.41, 5.74) is 0. The zero-order chi connectivity index (χ0) is 17.5. The Kier molecular flexibility index (Phi) is 7.44. The molecule has 0 aliphatic rings. The van der Waals surface area contributed by atoms with Gasteiger partial charge in [-0.25, -0.2) is 22.9 Å². The smallest absolute Gasteiger partial charge is 0.326 e. The standard InChI is InChI=1S/C15H25N3O4S/c1-4-7-13(15(19)20)17-14-9-8-12(10-16-14)23(21,22)18-11(5-2)6-3/h8-11,13,18H,4-7H2,1-3H3,(H,16,17)(H,19,20). The van der Waals surface area contributed by atoms with Gasteiger partial charge in [0.1, 0.15) is 16.8 Å². The fourth-order valence-electron chi connectivity index (χ4n) is 2.09. The highest BCUT2D eigenvalue weighted by Crippen LogP contribution is 2.14. The summed E-state index contributed by atoms with van der Waals surface area (Å²) in [5, 5.41) is 11.9. The molecule has 0 aromatic carbocycles. The van der Waals surface area contributed by atoms with Crippen LogP contribution in [0.15, 0.2) is 23.2 Å². The Hall–Kier alpha value is -1.67. The third-order valence-electron chi connectivity index (χ3n) is 3.55. The minimum absolute atomic E-state index is 0.0670. The van der Waals surface area contributed by atoms with Crippen LogP contribution in [0.2, 0.25) is 0 Å². The fourth-order valence-corrected chi connectivity index (χ4v) is 3.44. The quantitative estimate of drug-likeness (QED) is 0.601. The molecular weight excluding hydrogens is 318 g/mol. The van der Waals surface area contributed by atoms with Gasteiger partial charge in [-0.1, -0.05) is 27.2 Å². The van der Waals surface area contributed by atoms with Crippen LogP contribution in [0, 0.1) is 0 Å². The molecule has 1 rings (SSSR count). The van der Waals surface area contributed by atoms with Crippen LogP contribution in [-0.4, -0.2) is 36.6 Å². The summed E-state index contributed by atoms with van der Waals surface area (Å²) in [6.45, 7) is 5.73. The first-order chi connectivity index (χ1) is 10.8. The van der Waals surface area contributed by atoms with Gasteiger partial charge in [-0.2, -0.15) is 0 Å². The zero-order valence-electron chi connectivity index (χ0n) is 13.7. The zero-order valence-corrected chi connectivity index (χ0v) is 14.6. The summed E-state index contributed by atoms with van der Waals surface area (Å²) in [6, 6.07) is 2.05. The van der Waals surface area contributed by atoms with Gasteiger partial charge in [0.15, 0.2) is 0 Å². The Morgan fingerprint density at radius 1 is 1.26 bits per heavy atom. The minimum Gasteiger partial charge on any atom is -0.480 e. The first kappa shape index (κ1) is 19.4. The second-order valence-corrected chi connectivity index (χ2v) is 7.05. The van der Waals surface area contributed by atoms with Crippen LogP contribution in [0.5, 0.6) is 0 Å². The summed E-state index contributed by atoms with van der Waals surface area (Å²) in [5.74, 6) is -0.618. The third kappa shape index (κ3) is 5.80. The van der Waals surface area contributed by atoms with E-state index in [0.717, 1.165) is 6.42 Å². The predicted molar refractivity (Wildman–Crippen MR) is 88.9 cm³/mol. The van der Waals surface area contributed by atoms with Crippen molar-refractivity contribution in [3.63, 3.8) is 0 Å². The van der Waals surface area contributed by atoms with Crippen LogP contribution < -0.4 is 10.0 Å². The number of anilines is 1. The number of rotatable bonds is 10. The number of carbonyl (C=O) groups is 1. The maximum Gasteiger partial charge on any atom is 0.326 e. The molecule has 0 spiro atoms. The Morgan fingerprint density at radius 2 is 1.91 bits per heavy atom. The van der Waals surface area contributed by atoms with Crippen molar-refractivity contribution in [2.45, 2.75) is 63.4 Å². The van der Waals surface area contributed by atoms with E-state index in [1.807, 2.05) is 20.8 Å². The molecule has 3 N–H and O–H groups in total. The molecule has 130 valence electrons. The number of carboxylic acids is 1. The summed E-state index contributed by atoms with van der Waals surface area (Å²) in [7, 11) is -3.61. The maximum absolute atomic E-state index is 12.2. The van der Waals surface area contributed by atoms with Gasteiger partial charge in [-0.3, -0.25) is 0 Å². The summed E-state index contributed by atoms with van der Waals surface area (Å²) < 4.78 is 27.1. The average molecular weight is 343 g/mol. The van der Waals surface area contributed by atoms with Gasteiger partial charge in [0.25, 0.3) is 0 Å². The lowest BCUT2D eigenvalue weighted by Gasteiger charge is -2.16. The maximum atomic E-state index is 12.2. The number of nitrogens with one attached hydrogen (secondary N) is 2. The van der Waals surface area contributed by atoms with E-state index in [0.29, 0.717) is 25.1 Å². The van der Waals surface area contributed by atoms with E-state index in [2.05, 4.69) is 15.0 Å². The molecular formula is C15H25N3O4S. The van der Waals surface area contributed by atoms with Crippen LogP contribution >= 0.6 is 0 Å². The molecule has 8 heteroatoms. The topological polar surface area (TPSA) is 108 Å². The number of nitrogens with zero attached hydrogens (tertiary/aromatic N) is 1. The van der Waals surface area contributed by atoms with Crippen LogP contribution in [0.25, 0.3) is 0 Å². The second kappa shape index (κ2) is 8.83. The molecule has 0 aliphatic heterocycles. The number of aromatic nitrogens is 1. The van der Waals surface area contributed by atoms with Crippen molar-refractivity contribution in [2.75, 3.05) is 5.32 Å². The summed E-state index contributed by atoms with van der Waals surface area (Å²) in [4.78, 5) is 15.2. The van der Waals surface area contributed by atoms with E-state index in [9.17, 15) is 13.2 Å². The number of hydrogen-bond acceptors (Lipinski definition) is 5. The SMILES string of the molecule is CCCC(Nc1ccc(S(=O)(=O)NC(CC)CC)cn1)C(=O)O. The molecule has 7 nitrogen and oxygen atoms in total. The summed E-state index contributed by atoms with van der Waals surface area (Å²) in [6.07, 6.45) is 3.83. The number of hydrogen-bond donors (Lipinski definition) is 3. The highest BCUT2D eigenvalue weighted by molar-refractivity contribution is 7.89. The molecule has 1 atom stereocenters. The van der Waals surface area contributed by atoms with E-state index in [1.54, 1.807) is 0 Å². The number of aliphatic carboxylic acids is 1. The van der Waals surface area contributed by atoms with E-state index in [4.69, 9.17) is 5.11 Å². The monoisotopic (exact) mass is 343 g/mol. The highest BCUT2D eigenvalue weighted by Gasteiger charge is 2.20. The number of pyridine rings is 1. The average Bonchev–Trinajstić information content (AvgIpc) is 2.52. The van der Waals surface area contributed by atoms with Crippen LogP contribution in [-0.2, 0) is 14.8 Å². The van der Waals surface area contributed by atoms with Gasteiger partial charge >= 0.3 is 5.97 Å². The third-order valence-corrected chi connectivity index (χ3v) is 5.06. The van der Waals surface area contributed by atoms with Crippen molar-refractivity contribution in [3.8, 4) is 0 Å². The van der Waals surface area contributed by atoms with E-state index >= 15 is 0 Å². The molecule has 1 aromatic rings. The van der Waals surface area contributed by atoms with Crippen molar-refractivity contribution in [1.29, 1.82) is 0 Å². The lowest BCUT2D eigenvalue weighted by Crippen LogP contribution is -2.34. The van der Waals surface area contributed by atoms with E-state index in [-0.39, 0.29) is 10.9 Å². The molecule has 0 aliphatic carbocycles. The molecule has 23 heavy (non-hydrogen) atoms.